The first kappa shape index (κ1) is 31.0. The molecule has 0 bridgehead atoms. The summed E-state index contributed by atoms with van der Waals surface area (Å²) in [5.41, 5.74) is 16.7. The number of aryl methyl sites for hydroxylation is 2. The van der Waals surface area contributed by atoms with E-state index >= 15 is 0 Å². The molecule has 8 N–H and O–H groups in total. The number of benzene rings is 3. The molecule has 0 atom stereocenters. The van der Waals surface area contributed by atoms with E-state index in [0.29, 0.717) is 12.2 Å². The van der Waals surface area contributed by atoms with Gasteiger partial charge in [0.2, 0.25) is 0 Å². The lowest BCUT2D eigenvalue weighted by molar-refractivity contribution is -0.112. The summed E-state index contributed by atoms with van der Waals surface area (Å²) in [6, 6.07) is 23.3. The van der Waals surface area contributed by atoms with Crippen LogP contribution in [0.2, 0.25) is 0 Å². The highest BCUT2D eigenvalue weighted by Crippen LogP contribution is 2.21. The van der Waals surface area contributed by atoms with Gasteiger partial charge in [-0.05, 0) is 74.2 Å². The van der Waals surface area contributed by atoms with E-state index in [1.807, 2.05) is 74.5 Å². The summed E-state index contributed by atoms with van der Waals surface area (Å²) in [4.78, 5) is 17.6. The minimum absolute atomic E-state index is 0.00799. The first-order valence-electron chi connectivity index (χ1n) is 12.5. The van der Waals surface area contributed by atoms with Crippen LogP contribution in [0.25, 0.3) is 0 Å². The topological polar surface area (TPSA) is 153 Å². The number of carbonyl (C=O) groups excluding carboxylic acids is 1. The monoisotopic (exact) mass is 543 g/mol. The van der Waals surface area contributed by atoms with Crippen molar-refractivity contribution in [1.29, 1.82) is 10.8 Å². The van der Waals surface area contributed by atoms with Crippen LogP contribution in [0, 0.1) is 17.7 Å². The van der Waals surface area contributed by atoms with Crippen LogP contribution < -0.4 is 21.5 Å². The number of amidine groups is 1. The van der Waals surface area contributed by atoms with Crippen molar-refractivity contribution in [3.05, 3.63) is 101 Å². The van der Waals surface area contributed by atoms with Gasteiger partial charge < -0.3 is 22.2 Å². The van der Waals surface area contributed by atoms with E-state index in [4.69, 9.17) is 27.3 Å². The number of aliphatic imine (C=N–C) groups is 1. The number of allylic oxidation sites excluding steroid dienone is 1. The minimum Gasteiger partial charge on any atom is -0.394 e. The second-order valence-electron chi connectivity index (χ2n) is 8.70. The quantitative estimate of drug-likeness (QED) is 0.0788. The van der Waals surface area contributed by atoms with Crippen molar-refractivity contribution < 1.29 is 4.79 Å². The molecule has 0 aliphatic carbocycles. The summed E-state index contributed by atoms with van der Waals surface area (Å²) < 4.78 is 3.30. The number of amides is 1. The first-order chi connectivity index (χ1) is 18.7. The van der Waals surface area contributed by atoms with Crippen LogP contribution in [0.4, 0.5) is 11.4 Å². The maximum absolute atomic E-state index is 11.9. The van der Waals surface area contributed by atoms with Crippen molar-refractivity contribution in [2.24, 2.45) is 16.5 Å². The third kappa shape index (κ3) is 11.4. The molecular formula is C30H37N7OS. The molecule has 0 unspecified atom stereocenters. The second-order valence-corrected chi connectivity index (χ2v) is 9.67. The van der Waals surface area contributed by atoms with Gasteiger partial charge in [-0.25, -0.2) is 0 Å². The van der Waals surface area contributed by atoms with Gasteiger partial charge in [0.1, 0.15) is 5.84 Å². The lowest BCUT2D eigenvalue weighted by Crippen LogP contribution is -2.20. The summed E-state index contributed by atoms with van der Waals surface area (Å²) in [5.74, 6) is -0.305. The number of nitrogens with two attached hydrogens (primary N) is 2. The van der Waals surface area contributed by atoms with Crippen LogP contribution >= 0.6 is 11.9 Å². The Bertz CT molecular complexity index is 1330. The van der Waals surface area contributed by atoms with Gasteiger partial charge in [-0.1, -0.05) is 61.4 Å². The van der Waals surface area contributed by atoms with E-state index in [1.54, 1.807) is 6.07 Å². The molecule has 39 heavy (non-hydrogen) atoms. The number of carbonyl (C=O) groups is 1. The van der Waals surface area contributed by atoms with Crippen molar-refractivity contribution >= 4 is 47.0 Å². The predicted molar refractivity (Wildman–Crippen MR) is 165 cm³/mol. The lowest BCUT2D eigenvalue weighted by Gasteiger charge is -2.09. The van der Waals surface area contributed by atoms with Gasteiger partial charge >= 0.3 is 0 Å². The zero-order valence-electron chi connectivity index (χ0n) is 22.6. The number of nitrogens with zero attached hydrogens (tertiary/aromatic N) is 1. The Labute approximate surface area is 235 Å². The summed E-state index contributed by atoms with van der Waals surface area (Å²) in [7, 11) is 0. The van der Waals surface area contributed by atoms with E-state index in [-0.39, 0.29) is 11.5 Å². The van der Waals surface area contributed by atoms with E-state index < -0.39 is 5.91 Å². The molecule has 0 radical (unpaired) electrons. The third-order valence-corrected chi connectivity index (χ3v) is 6.06. The standard InChI is InChI=1S/C22H27N5OS.C8H10N2/c1-3-7-17-8-4-5-11-21(17)26-16(2)15-25-29-19-10-6-9-18(14-19)27-22(28)20(24)12-13-23;1-6-3-2-4-7(5-6)8(9)10/h4-6,8-14,23,25H,3,7,15,24H2,1-2H3,(H,27,28);2-5H,1H3,(H3,9,10)/b20-12-,23-13?,26-16?;. The Kier molecular flexibility index (Phi) is 13.2. The van der Waals surface area contributed by atoms with E-state index in [2.05, 4.69) is 23.0 Å². The van der Waals surface area contributed by atoms with Crippen molar-refractivity contribution in [2.75, 3.05) is 11.9 Å². The fraction of sp³-hybridized carbons (Fsp3) is 0.200. The van der Waals surface area contributed by atoms with Crippen LogP contribution in [0.15, 0.2) is 94.5 Å². The largest absolute Gasteiger partial charge is 0.394 e. The van der Waals surface area contributed by atoms with Gasteiger partial charge in [0, 0.05) is 34.6 Å². The number of nitrogen functional groups attached to an aromatic ring is 1. The molecule has 204 valence electrons. The Balaban J connectivity index is 0.000000446. The van der Waals surface area contributed by atoms with Gasteiger partial charge in [0.25, 0.3) is 5.91 Å². The highest BCUT2D eigenvalue weighted by Gasteiger charge is 2.06. The molecule has 1 amide bonds. The summed E-state index contributed by atoms with van der Waals surface area (Å²) in [6.07, 6.45) is 4.34. The Hall–Kier alpha value is -4.21. The minimum atomic E-state index is -0.433. The van der Waals surface area contributed by atoms with Crippen LogP contribution in [0.5, 0.6) is 0 Å². The third-order valence-electron chi connectivity index (χ3n) is 5.29. The molecule has 0 saturated carbocycles. The van der Waals surface area contributed by atoms with Gasteiger partial charge in [0.05, 0.1) is 11.4 Å². The smallest absolute Gasteiger partial charge is 0.271 e. The molecule has 0 saturated heterocycles. The predicted octanol–water partition coefficient (Wildman–Crippen LogP) is 5.74. The number of nitrogens with one attached hydrogen (secondary N) is 4. The van der Waals surface area contributed by atoms with Crippen LogP contribution in [0.1, 0.15) is 37.0 Å². The van der Waals surface area contributed by atoms with E-state index in [1.165, 1.54) is 23.6 Å². The van der Waals surface area contributed by atoms with Gasteiger partial charge in [-0.3, -0.25) is 19.9 Å². The van der Waals surface area contributed by atoms with Gasteiger partial charge in [-0.2, -0.15) is 0 Å². The molecule has 0 aliphatic heterocycles. The first-order valence-corrected chi connectivity index (χ1v) is 13.4. The van der Waals surface area contributed by atoms with E-state index in [0.717, 1.165) is 46.5 Å². The maximum atomic E-state index is 11.9. The molecule has 0 aromatic heterocycles. The normalized spacial score (nSPS) is 11.3. The molecule has 9 heteroatoms. The summed E-state index contributed by atoms with van der Waals surface area (Å²) in [5, 5.41) is 16.8. The molecule has 0 aliphatic rings. The fourth-order valence-corrected chi connectivity index (χ4v) is 4.17. The van der Waals surface area contributed by atoms with Crippen LogP contribution in [0.3, 0.4) is 0 Å². The highest BCUT2D eigenvalue weighted by molar-refractivity contribution is 7.97. The maximum Gasteiger partial charge on any atom is 0.271 e. The Morgan fingerprint density at radius 2 is 1.79 bits per heavy atom. The molecule has 3 aromatic rings. The number of hydrogen-bond donors (Lipinski definition) is 6. The zero-order chi connectivity index (χ0) is 28.6. The molecule has 3 rings (SSSR count). The average Bonchev–Trinajstić information content (AvgIpc) is 2.91. The molecule has 0 spiro atoms. The van der Waals surface area contributed by atoms with Gasteiger partial charge in [-0.15, -0.1) is 0 Å². The zero-order valence-corrected chi connectivity index (χ0v) is 23.4. The van der Waals surface area contributed by atoms with Crippen molar-refractivity contribution in [3.63, 3.8) is 0 Å². The van der Waals surface area contributed by atoms with Crippen LogP contribution in [-0.4, -0.2) is 30.2 Å². The van der Waals surface area contributed by atoms with Crippen molar-refractivity contribution in [3.8, 4) is 0 Å². The Morgan fingerprint density at radius 1 is 1.05 bits per heavy atom. The number of rotatable bonds is 11. The summed E-state index contributed by atoms with van der Waals surface area (Å²) in [6.45, 7) is 6.79. The van der Waals surface area contributed by atoms with Gasteiger partial charge in [0.15, 0.2) is 0 Å². The molecular weight excluding hydrogens is 506 g/mol. The molecule has 8 nitrogen and oxygen atoms in total. The number of anilines is 1. The van der Waals surface area contributed by atoms with Crippen LogP contribution in [-0.2, 0) is 11.2 Å². The summed E-state index contributed by atoms with van der Waals surface area (Å²) >= 11 is 1.47. The van der Waals surface area contributed by atoms with Crippen molar-refractivity contribution in [1.82, 2.24) is 4.72 Å². The molecule has 0 heterocycles. The van der Waals surface area contributed by atoms with Crippen molar-refractivity contribution in [2.45, 2.75) is 38.5 Å². The second kappa shape index (κ2) is 16.6. The lowest BCUT2D eigenvalue weighted by atomic mass is 10.1. The van der Waals surface area contributed by atoms with E-state index in [9.17, 15) is 4.79 Å². The molecule has 0 fully saturated rings. The average molecular weight is 544 g/mol. The molecule has 3 aromatic carbocycles. The fourth-order valence-electron chi connectivity index (χ4n) is 3.39. The SMILES string of the molecule is CCCc1ccccc1N=C(C)CNSc1cccc(NC(=O)/C(N)=C/C=N)c1.Cc1cccc(C(=N)N)c1. The highest BCUT2D eigenvalue weighted by atomic mass is 32.2. The number of hydrogen-bond acceptors (Lipinski definition) is 7. The Morgan fingerprint density at radius 3 is 2.46 bits per heavy atom. The number of para-hydroxylation sites is 1.